The van der Waals surface area contributed by atoms with Gasteiger partial charge in [-0.1, -0.05) is 53.6 Å². The lowest BCUT2D eigenvalue weighted by Crippen LogP contribution is -2.37. The van der Waals surface area contributed by atoms with Gasteiger partial charge in [0.2, 0.25) is 5.91 Å². The van der Waals surface area contributed by atoms with Crippen LogP contribution < -0.4 is 9.04 Å². The van der Waals surface area contributed by atoms with Gasteiger partial charge in [0, 0.05) is 6.42 Å². The third-order valence-corrected chi connectivity index (χ3v) is 6.36. The normalized spacial score (nSPS) is 11.1. The Bertz CT molecular complexity index is 1080. The van der Waals surface area contributed by atoms with Crippen molar-refractivity contribution in [3.05, 3.63) is 90.0 Å². The molecular weight excluding hydrogens is 398 g/mol. The summed E-state index contributed by atoms with van der Waals surface area (Å²) in [5, 5.41) is 0. The van der Waals surface area contributed by atoms with E-state index in [0.29, 0.717) is 18.7 Å². The molecule has 6 heteroatoms. The number of carbonyl (C=O) groups is 1. The lowest BCUT2D eigenvalue weighted by atomic mass is 10.2. The van der Waals surface area contributed by atoms with Crippen LogP contribution in [-0.2, 0) is 14.8 Å². The Kier molecular flexibility index (Phi) is 6.90. The lowest BCUT2D eigenvalue weighted by molar-refractivity contribution is -0.117. The molecule has 0 radical (unpaired) electrons. The molecule has 3 aromatic carbocycles. The Morgan fingerprint density at radius 3 is 2.00 bits per heavy atom. The first-order valence-corrected chi connectivity index (χ1v) is 11.2. The van der Waals surface area contributed by atoms with Gasteiger partial charge in [-0.15, -0.1) is 0 Å². The second-order valence-corrected chi connectivity index (χ2v) is 8.86. The number of hydrogen-bond acceptors (Lipinski definition) is 4. The fraction of sp³-hybridized carbons (Fsp3) is 0.208. The third-order valence-electron chi connectivity index (χ3n) is 4.60. The Hall–Kier alpha value is -3.12. The van der Waals surface area contributed by atoms with Gasteiger partial charge in [-0.2, -0.15) is 0 Å². The molecule has 0 heterocycles. The quantitative estimate of drug-likeness (QED) is 0.484. The van der Waals surface area contributed by atoms with Crippen molar-refractivity contribution in [1.82, 2.24) is 0 Å². The largest absolute Gasteiger partial charge is 0.494 e. The fourth-order valence-corrected chi connectivity index (χ4v) is 4.41. The standard InChI is InChI=1S/C24H25NO4S/c1-19-10-14-21(15-11-19)25(30(27,28)23-7-4-3-5-8-23)24(26)9-6-18-29-22-16-12-20(2)13-17-22/h3-5,7-8,10-17H,6,9,18H2,1-2H3. The first-order valence-electron chi connectivity index (χ1n) is 9.77. The number of amides is 1. The molecule has 156 valence electrons. The van der Waals surface area contributed by atoms with Crippen molar-refractivity contribution < 1.29 is 17.9 Å². The van der Waals surface area contributed by atoms with Gasteiger partial charge in [0.25, 0.3) is 10.0 Å². The maximum absolute atomic E-state index is 13.2. The summed E-state index contributed by atoms with van der Waals surface area (Å²) in [7, 11) is -4.02. The minimum atomic E-state index is -4.02. The second-order valence-electron chi connectivity index (χ2n) is 7.08. The zero-order valence-electron chi connectivity index (χ0n) is 17.1. The Morgan fingerprint density at radius 2 is 1.40 bits per heavy atom. The van der Waals surface area contributed by atoms with E-state index < -0.39 is 15.9 Å². The molecule has 1 amide bonds. The average Bonchev–Trinajstić information content (AvgIpc) is 2.74. The van der Waals surface area contributed by atoms with Crippen LogP contribution in [0.5, 0.6) is 5.75 Å². The number of anilines is 1. The van der Waals surface area contributed by atoms with E-state index in [9.17, 15) is 13.2 Å². The number of nitrogens with zero attached hydrogens (tertiary/aromatic N) is 1. The number of ether oxygens (including phenoxy) is 1. The van der Waals surface area contributed by atoms with Crippen LogP contribution in [0.2, 0.25) is 0 Å². The minimum absolute atomic E-state index is 0.0474. The number of aryl methyl sites for hydroxylation is 2. The SMILES string of the molecule is Cc1ccc(OCCCC(=O)N(c2ccc(C)cc2)S(=O)(=O)c2ccccc2)cc1. The van der Waals surface area contributed by atoms with Gasteiger partial charge in [0.05, 0.1) is 17.2 Å². The molecule has 0 unspecified atom stereocenters. The van der Waals surface area contributed by atoms with Gasteiger partial charge in [0.15, 0.2) is 0 Å². The summed E-state index contributed by atoms with van der Waals surface area (Å²) in [6.45, 7) is 4.22. The predicted octanol–water partition coefficient (Wildman–Crippen LogP) is 4.88. The van der Waals surface area contributed by atoms with E-state index in [2.05, 4.69) is 0 Å². The highest BCUT2D eigenvalue weighted by molar-refractivity contribution is 7.93. The zero-order chi connectivity index (χ0) is 21.6. The number of carbonyl (C=O) groups excluding carboxylic acids is 1. The summed E-state index contributed by atoms with van der Waals surface area (Å²) in [5.41, 5.74) is 2.45. The highest BCUT2D eigenvalue weighted by Gasteiger charge is 2.30. The molecule has 0 saturated carbocycles. The molecular formula is C24H25NO4S. The van der Waals surface area contributed by atoms with Crippen molar-refractivity contribution in [2.75, 3.05) is 10.9 Å². The number of benzene rings is 3. The second kappa shape index (κ2) is 9.59. The molecule has 0 spiro atoms. The number of rotatable bonds is 8. The molecule has 0 aliphatic rings. The maximum Gasteiger partial charge on any atom is 0.270 e. The smallest absolute Gasteiger partial charge is 0.270 e. The fourth-order valence-electron chi connectivity index (χ4n) is 2.94. The van der Waals surface area contributed by atoms with Crippen molar-refractivity contribution in [3.63, 3.8) is 0 Å². The van der Waals surface area contributed by atoms with Crippen LogP contribution >= 0.6 is 0 Å². The van der Waals surface area contributed by atoms with Crippen molar-refractivity contribution >= 4 is 21.6 Å². The topological polar surface area (TPSA) is 63.7 Å². The Labute approximate surface area is 178 Å². The van der Waals surface area contributed by atoms with Gasteiger partial charge < -0.3 is 4.74 Å². The van der Waals surface area contributed by atoms with Crippen molar-refractivity contribution in [3.8, 4) is 5.75 Å². The van der Waals surface area contributed by atoms with Crippen molar-refractivity contribution in [1.29, 1.82) is 0 Å². The van der Waals surface area contributed by atoms with Gasteiger partial charge in [-0.05, 0) is 56.7 Å². The molecule has 0 aliphatic carbocycles. The van der Waals surface area contributed by atoms with E-state index in [4.69, 9.17) is 4.74 Å². The average molecular weight is 424 g/mol. The molecule has 0 bridgehead atoms. The maximum atomic E-state index is 13.2. The third kappa shape index (κ3) is 5.27. The molecule has 0 N–H and O–H groups in total. The summed E-state index contributed by atoms with van der Waals surface area (Å²) < 4.78 is 33.0. The molecule has 0 fully saturated rings. The molecule has 0 atom stereocenters. The minimum Gasteiger partial charge on any atom is -0.494 e. The van der Waals surface area contributed by atoms with Gasteiger partial charge in [0.1, 0.15) is 5.75 Å². The summed E-state index contributed by atoms with van der Waals surface area (Å²) in [4.78, 5) is 13.1. The van der Waals surface area contributed by atoms with E-state index in [1.165, 1.54) is 12.1 Å². The first-order chi connectivity index (χ1) is 14.4. The molecule has 30 heavy (non-hydrogen) atoms. The Morgan fingerprint density at radius 1 is 0.833 bits per heavy atom. The van der Waals surface area contributed by atoms with E-state index in [-0.39, 0.29) is 11.3 Å². The summed E-state index contributed by atoms with van der Waals surface area (Å²) in [6, 6.07) is 22.5. The molecule has 0 aliphatic heterocycles. The van der Waals surface area contributed by atoms with Crippen LogP contribution in [0, 0.1) is 13.8 Å². The van der Waals surface area contributed by atoms with Gasteiger partial charge >= 0.3 is 0 Å². The number of sulfonamides is 1. The monoisotopic (exact) mass is 423 g/mol. The molecule has 3 rings (SSSR count). The van der Waals surface area contributed by atoms with E-state index in [1.807, 2.05) is 38.1 Å². The van der Waals surface area contributed by atoms with Crippen LogP contribution in [-0.4, -0.2) is 20.9 Å². The highest BCUT2D eigenvalue weighted by atomic mass is 32.2. The van der Waals surface area contributed by atoms with E-state index >= 15 is 0 Å². The van der Waals surface area contributed by atoms with Crippen molar-refractivity contribution in [2.45, 2.75) is 31.6 Å². The van der Waals surface area contributed by atoms with Gasteiger partial charge in [-0.25, -0.2) is 12.7 Å². The molecule has 5 nitrogen and oxygen atoms in total. The van der Waals surface area contributed by atoms with Crippen LogP contribution in [0.3, 0.4) is 0 Å². The predicted molar refractivity (Wildman–Crippen MR) is 118 cm³/mol. The van der Waals surface area contributed by atoms with Crippen LogP contribution in [0.4, 0.5) is 5.69 Å². The summed E-state index contributed by atoms with van der Waals surface area (Å²) >= 11 is 0. The molecule has 0 saturated heterocycles. The summed E-state index contributed by atoms with van der Waals surface area (Å²) in [5.74, 6) is 0.232. The van der Waals surface area contributed by atoms with Crippen LogP contribution in [0.15, 0.2) is 83.8 Å². The molecule has 3 aromatic rings. The van der Waals surface area contributed by atoms with Crippen LogP contribution in [0.25, 0.3) is 0 Å². The summed E-state index contributed by atoms with van der Waals surface area (Å²) in [6.07, 6.45) is 0.450. The van der Waals surface area contributed by atoms with Gasteiger partial charge in [-0.3, -0.25) is 4.79 Å². The lowest BCUT2D eigenvalue weighted by Gasteiger charge is -2.23. The number of hydrogen-bond donors (Lipinski definition) is 0. The van der Waals surface area contributed by atoms with E-state index in [0.717, 1.165) is 21.2 Å². The first kappa shape index (κ1) is 21.6. The van der Waals surface area contributed by atoms with E-state index in [1.54, 1.807) is 42.5 Å². The highest BCUT2D eigenvalue weighted by Crippen LogP contribution is 2.25. The van der Waals surface area contributed by atoms with Crippen molar-refractivity contribution in [2.24, 2.45) is 0 Å². The molecule has 0 aromatic heterocycles. The Balaban J connectivity index is 1.75. The van der Waals surface area contributed by atoms with Crippen LogP contribution in [0.1, 0.15) is 24.0 Å². The zero-order valence-corrected chi connectivity index (χ0v) is 17.9.